The van der Waals surface area contributed by atoms with Crippen molar-refractivity contribution in [3.8, 4) is 6.07 Å². The molecule has 2 rings (SSSR count). The van der Waals surface area contributed by atoms with Crippen molar-refractivity contribution < 1.29 is 9.53 Å². The monoisotopic (exact) mass is 323 g/mol. The summed E-state index contributed by atoms with van der Waals surface area (Å²) in [6.07, 6.45) is 0. The van der Waals surface area contributed by atoms with Crippen LogP contribution in [0.1, 0.15) is 0 Å². The van der Waals surface area contributed by atoms with Crippen molar-refractivity contribution in [3.63, 3.8) is 0 Å². The zero-order valence-electron chi connectivity index (χ0n) is 11.2. The minimum absolute atomic E-state index is 0.0183. The number of nitriles is 1. The molecule has 21 heavy (non-hydrogen) atoms. The average molecular weight is 324 g/mol. The first kappa shape index (κ1) is 15.7. The number of halogens is 1. The zero-order valence-corrected chi connectivity index (χ0v) is 12.8. The molecule has 0 saturated carbocycles. The van der Waals surface area contributed by atoms with E-state index < -0.39 is 0 Å². The summed E-state index contributed by atoms with van der Waals surface area (Å²) in [6, 6.07) is 8.82. The molecule has 1 saturated heterocycles. The first-order valence-electron chi connectivity index (χ1n) is 6.35. The number of nitrogens with one attached hydrogen (secondary N) is 1. The Kier molecular flexibility index (Phi) is 5.51. The maximum atomic E-state index is 12.3. The van der Waals surface area contributed by atoms with Crippen molar-refractivity contribution in [1.29, 1.82) is 5.26 Å². The predicted octanol–water partition coefficient (Wildman–Crippen LogP) is 2.28. The van der Waals surface area contributed by atoms with Gasteiger partial charge in [0.25, 0.3) is 5.91 Å². The predicted molar refractivity (Wildman–Crippen MR) is 84.1 cm³/mol. The topological polar surface area (TPSA) is 65.4 Å². The van der Waals surface area contributed by atoms with Crippen molar-refractivity contribution >= 4 is 35.8 Å². The van der Waals surface area contributed by atoms with Gasteiger partial charge in [-0.25, -0.2) is 0 Å². The number of ether oxygens (including phenoxy) is 1. The Hall–Kier alpha value is -1.68. The van der Waals surface area contributed by atoms with Crippen LogP contribution in [0.3, 0.4) is 0 Å². The summed E-state index contributed by atoms with van der Waals surface area (Å²) in [5.41, 5.74) is 0.683. The third-order valence-electron chi connectivity index (χ3n) is 2.97. The van der Waals surface area contributed by atoms with Crippen LogP contribution in [0.4, 0.5) is 5.69 Å². The molecule has 1 aromatic carbocycles. The molecular weight excluding hydrogens is 310 g/mol. The number of rotatable bonds is 3. The SMILES string of the molecule is N#CC(C(=O)N1CCOCC1)=C(S)Nc1ccc(Cl)cc1. The molecule has 0 aliphatic carbocycles. The van der Waals surface area contributed by atoms with Gasteiger partial charge in [-0.05, 0) is 24.3 Å². The largest absolute Gasteiger partial charge is 0.378 e. The summed E-state index contributed by atoms with van der Waals surface area (Å²) in [6.45, 7) is 1.92. The molecule has 110 valence electrons. The number of morpholine rings is 1. The molecule has 1 heterocycles. The fourth-order valence-corrected chi connectivity index (χ4v) is 2.26. The molecule has 0 spiro atoms. The van der Waals surface area contributed by atoms with Crippen LogP contribution in [0.5, 0.6) is 0 Å². The molecule has 1 fully saturated rings. The molecule has 0 atom stereocenters. The fraction of sp³-hybridized carbons (Fsp3) is 0.286. The molecule has 1 N–H and O–H groups in total. The van der Waals surface area contributed by atoms with Crippen molar-refractivity contribution in [2.45, 2.75) is 0 Å². The Labute approximate surface area is 133 Å². The van der Waals surface area contributed by atoms with E-state index in [-0.39, 0.29) is 16.5 Å². The van der Waals surface area contributed by atoms with Gasteiger partial charge in [0.1, 0.15) is 11.6 Å². The number of anilines is 1. The van der Waals surface area contributed by atoms with Crippen molar-refractivity contribution in [2.24, 2.45) is 0 Å². The van der Waals surface area contributed by atoms with Crippen LogP contribution in [0.15, 0.2) is 34.9 Å². The van der Waals surface area contributed by atoms with E-state index in [0.717, 1.165) is 0 Å². The second-order valence-electron chi connectivity index (χ2n) is 4.37. The molecule has 0 radical (unpaired) electrons. The number of carbonyl (C=O) groups is 1. The number of nitrogens with zero attached hydrogens (tertiary/aromatic N) is 2. The minimum Gasteiger partial charge on any atom is -0.378 e. The van der Waals surface area contributed by atoms with Crippen molar-refractivity contribution in [2.75, 3.05) is 31.6 Å². The highest BCUT2D eigenvalue weighted by molar-refractivity contribution is 7.84. The standard InChI is InChI=1S/C14H14ClN3O2S/c15-10-1-3-11(4-2-10)17-13(21)12(9-16)14(19)18-5-7-20-8-6-18/h1-4,17,21H,5-8H2. The number of carbonyl (C=O) groups excluding carboxylic acids is 1. The molecule has 5 nitrogen and oxygen atoms in total. The maximum absolute atomic E-state index is 12.3. The van der Waals surface area contributed by atoms with E-state index in [1.54, 1.807) is 29.2 Å². The summed E-state index contributed by atoms with van der Waals surface area (Å²) in [5, 5.41) is 13.0. The Morgan fingerprint density at radius 3 is 2.52 bits per heavy atom. The summed E-state index contributed by atoms with van der Waals surface area (Å²) in [7, 11) is 0. The number of thiol groups is 1. The highest BCUT2D eigenvalue weighted by Gasteiger charge is 2.22. The summed E-state index contributed by atoms with van der Waals surface area (Å²) < 4.78 is 5.19. The van der Waals surface area contributed by atoms with Gasteiger partial charge in [-0.2, -0.15) is 5.26 Å². The molecule has 1 amide bonds. The molecular formula is C14H14ClN3O2S. The molecule has 0 aromatic heterocycles. The Morgan fingerprint density at radius 1 is 1.33 bits per heavy atom. The van der Waals surface area contributed by atoms with E-state index in [1.807, 2.05) is 6.07 Å². The van der Waals surface area contributed by atoms with Crippen LogP contribution >= 0.6 is 24.2 Å². The Morgan fingerprint density at radius 2 is 1.95 bits per heavy atom. The molecule has 7 heteroatoms. The number of hydrogen-bond acceptors (Lipinski definition) is 5. The zero-order chi connectivity index (χ0) is 15.2. The van der Waals surface area contributed by atoms with Crippen LogP contribution < -0.4 is 5.32 Å². The second kappa shape index (κ2) is 7.36. The first-order chi connectivity index (χ1) is 10.1. The van der Waals surface area contributed by atoms with Crippen LogP contribution in [-0.4, -0.2) is 37.1 Å². The summed E-state index contributed by atoms with van der Waals surface area (Å²) in [5.74, 6) is -0.340. The lowest BCUT2D eigenvalue weighted by molar-refractivity contribution is -0.130. The van der Waals surface area contributed by atoms with Gasteiger partial charge < -0.3 is 15.0 Å². The fourth-order valence-electron chi connectivity index (χ4n) is 1.86. The number of hydrogen-bond donors (Lipinski definition) is 2. The third-order valence-corrected chi connectivity index (χ3v) is 3.56. The first-order valence-corrected chi connectivity index (χ1v) is 7.17. The van der Waals surface area contributed by atoms with Gasteiger partial charge in [-0.15, -0.1) is 12.6 Å². The van der Waals surface area contributed by atoms with Gasteiger partial charge in [0.05, 0.1) is 18.2 Å². The molecule has 1 aliphatic rings. The van der Waals surface area contributed by atoms with Gasteiger partial charge in [0, 0.05) is 23.8 Å². The lowest BCUT2D eigenvalue weighted by Gasteiger charge is -2.26. The second-order valence-corrected chi connectivity index (χ2v) is 5.26. The highest BCUT2D eigenvalue weighted by atomic mass is 35.5. The van der Waals surface area contributed by atoms with Gasteiger partial charge in [-0.1, -0.05) is 11.6 Å². The van der Waals surface area contributed by atoms with E-state index in [2.05, 4.69) is 17.9 Å². The highest BCUT2D eigenvalue weighted by Crippen LogP contribution is 2.19. The molecule has 1 aliphatic heterocycles. The minimum atomic E-state index is -0.340. The quantitative estimate of drug-likeness (QED) is 0.509. The summed E-state index contributed by atoms with van der Waals surface area (Å²) >= 11 is 10.0. The van der Waals surface area contributed by atoms with Crippen molar-refractivity contribution in [1.82, 2.24) is 4.90 Å². The van der Waals surface area contributed by atoms with E-state index in [1.165, 1.54) is 0 Å². The van der Waals surface area contributed by atoms with Gasteiger partial charge in [0.15, 0.2) is 0 Å². The number of benzene rings is 1. The van der Waals surface area contributed by atoms with Crippen LogP contribution in [0, 0.1) is 11.3 Å². The van der Waals surface area contributed by atoms with Gasteiger partial charge in [-0.3, -0.25) is 4.79 Å². The lowest BCUT2D eigenvalue weighted by Crippen LogP contribution is -2.41. The summed E-state index contributed by atoms with van der Waals surface area (Å²) in [4.78, 5) is 13.9. The van der Waals surface area contributed by atoms with E-state index in [0.29, 0.717) is 37.0 Å². The van der Waals surface area contributed by atoms with Crippen LogP contribution in [-0.2, 0) is 9.53 Å². The smallest absolute Gasteiger partial charge is 0.267 e. The number of amides is 1. The maximum Gasteiger partial charge on any atom is 0.267 e. The van der Waals surface area contributed by atoms with Gasteiger partial charge >= 0.3 is 0 Å². The third kappa shape index (κ3) is 4.14. The van der Waals surface area contributed by atoms with E-state index in [9.17, 15) is 10.1 Å². The average Bonchev–Trinajstić information content (AvgIpc) is 2.51. The van der Waals surface area contributed by atoms with Crippen LogP contribution in [0.2, 0.25) is 5.02 Å². The van der Waals surface area contributed by atoms with Crippen molar-refractivity contribution in [3.05, 3.63) is 39.9 Å². The lowest BCUT2D eigenvalue weighted by atomic mass is 10.2. The molecule has 0 unspecified atom stereocenters. The normalized spacial score (nSPS) is 16.0. The van der Waals surface area contributed by atoms with Crippen LogP contribution in [0.25, 0.3) is 0 Å². The van der Waals surface area contributed by atoms with Gasteiger partial charge in [0.2, 0.25) is 0 Å². The van der Waals surface area contributed by atoms with E-state index >= 15 is 0 Å². The Bertz CT molecular complexity index is 589. The molecule has 0 bridgehead atoms. The Balaban J connectivity index is 2.15. The molecule has 1 aromatic rings. The van der Waals surface area contributed by atoms with E-state index in [4.69, 9.17) is 16.3 Å².